The van der Waals surface area contributed by atoms with Crippen molar-refractivity contribution < 1.29 is 22.7 Å². The first kappa shape index (κ1) is 32.8. The molecule has 0 bridgehead atoms. The van der Waals surface area contributed by atoms with E-state index < -0.39 is 28.5 Å². The van der Waals surface area contributed by atoms with Gasteiger partial charge < -0.3 is 15.0 Å². The fourth-order valence-corrected chi connectivity index (χ4v) is 7.26. The second kappa shape index (κ2) is 15.1. The van der Waals surface area contributed by atoms with E-state index in [1.165, 1.54) is 4.90 Å². The van der Waals surface area contributed by atoms with Gasteiger partial charge in [0.05, 0.1) is 17.7 Å². The molecule has 8 nitrogen and oxygen atoms in total. The van der Waals surface area contributed by atoms with Crippen LogP contribution in [0.15, 0.2) is 114 Å². The minimum absolute atomic E-state index is 0.0438. The third kappa shape index (κ3) is 8.14. The summed E-state index contributed by atoms with van der Waals surface area (Å²) in [7, 11) is -2.57. The molecule has 4 aromatic rings. The highest BCUT2D eigenvalue weighted by molar-refractivity contribution is 7.92. The number of sulfonamides is 1. The molecule has 0 saturated heterocycles. The maximum Gasteiger partial charge on any atom is 0.264 e. The number of nitrogens with zero attached hydrogens (tertiary/aromatic N) is 2. The summed E-state index contributed by atoms with van der Waals surface area (Å²) in [5.74, 6) is -0.128. The van der Waals surface area contributed by atoms with E-state index in [0.29, 0.717) is 11.4 Å². The van der Waals surface area contributed by atoms with Crippen LogP contribution < -0.4 is 14.4 Å². The Balaban J connectivity index is 1.56. The Morgan fingerprint density at radius 1 is 0.848 bits per heavy atom. The molecule has 0 radical (unpaired) electrons. The lowest BCUT2D eigenvalue weighted by Gasteiger charge is -2.34. The zero-order valence-corrected chi connectivity index (χ0v) is 27.2. The highest BCUT2D eigenvalue weighted by Gasteiger charge is 2.35. The Kier molecular flexibility index (Phi) is 10.8. The van der Waals surface area contributed by atoms with Crippen molar-refractivity contribution in [1.29, 1.82) is 0 Å². The highest BCUT2D eigenvalue weighted by Crippen LogP contribution is 2.26. The molecular weight excluding hydrogens is 598 g/mol. The van der Waals surface area contributed by atoms with Crippen LogP contribution in [0.25, 0.3) is 0 Å². The van der Waals surface area contributed by atoms with Crippen LogP contribution in [0.3, 0.4) is 0 Å². The normalized spacial score (nSPS) is 14.0. The summed E-state index contributed by atoms with van der Waals surface area (Å²) in [4.78, 5) is 30.3. The number of anilines is 1. The number of hydrogen-bond acceptors (Lipinski definition) is 5. The Hall–Kier alpha value is -4.63. The van der Waals surface area contributed by atoms with Gasteiger partial charge in [-0.05, 0) is 67.3 Å². The molecule has 1 fully saturated rings. The lowest BCUT2D eigenvalue weighted by atomic mass is 10.0. The maximum absolute atomic E-state index is 14.6. The van der Waals surface area contributed by atoms with Crippen LogP contribution in [-0.2, 0) is 32.6 Å². The molecule has 1 aliphatic rings. The van der Waals surface area contributed by atoms with Gasteiger partial charge in [0, 0.05) is 19.0 Å². The quantitative estimate of drug-likeness (QED) is 0.197. The van der Waals surface area contributed by atoms with Gasteiger partial charge in [0.25, 0.3) is 10.0 Å². The fourth-order valence-electron chi connectivity index (χ4n) is 5.85. The van der Waals surface area contributed by atoms with E-state index in [-0.39, 0.29) is 29.8 Å². The van der Waals surface area contributed by atoms with Gasteiger partial charge in [-0.3, -0.25) is 13.9 Å². The topological polar surface area (TPSA) is 96.0 Å². The third-order valence-corrected chi connectivity index (χ3v) is 10.2. The molecule has 4 aromatic carbocycles. The zero-order valence-electron chi connectivity index (χ0n) is 26.3. The molecule has 1 aliphatic carbocycles. The smallest absolute Gasteiger partial charge is 0.264 e. The van der Waals surface area contributed by atoms with Crippen molar-refractivity contribution in [2.75, 3.05) is 18.0 Å². The summed E-state index contributed by atoms with van der Waals surface area (Å²) in [5, 5.41) is 3.20. The average molecular weight is 640 g/mol. The van der Waals surface area contributed by atoms with Gasteiger partial charge >= 0.3 is 0 Å². The summed E-state index contributed by atoms with van der Waals surface area (Å²) >= 11 is 0. The van der Waals surface area contributed by atoms with E-state index >= 15 is 0 Å². The largest absolute Gasteiger partial charge is 0.497 e. The van der Waals surface area contributed by atoms with Crippen molar-refractivity contribution >= 4 is 27.5 Å². The molecule has 1 N–H and O–H groups in total. The van der Waals surface area contributed by atoms with Gasteiger partial charge in [-0.15, -0.1) is 0 Å². The van der Waals surface area contributed by atoms with Crippen LogP contribution in [-0.4, -0.2) is 50.9 Å². The number of amides is 2. The van der Waals surface area contributed by atoms with Gasteiger partial charge in [0.2, 0.25) is 11.8 Å². The molecule has 0 aromatic heterocycles. The van der Waals surface area contributed by atoms with Gasteiger partial charge in [-0.25, -0.2) is 8.42 Å². The number of carbonyl (C=O) groups is 2. The van der Waals surface area contributed by atoms with E-state index in [9.17, 15) is 18.0 Å². The summed E-state index contributed by atoms with van der Waals surface area (Å²) in [6.07, 6.45) is 4.15. The minimum Gasteiger partial charge on any atom is -0.497 e. The molecule has 5 rings (SSSR count). The van der Waals surface area contributed by atoms with Crippen molar-refractivity contribution in [3.05, 3.63) is 126 Å². The van der Waals surface area contributed by atoms with Crippen molar-refractivity contribution in [1.82, 2.24) is 10.2 Å². The molecule has 0 heterocycles. The van der Waals surface area contributed by atoms with E-state index in [4.69, 9.17) is 4.74 Å². The average Bonchev–Trinajstić information content (AvgIpc) is 3.59. The molecule has 0 aliphatic heterocycles. The number of hydrogen-bond donors (Lipinski definition) is 1. The predicted molar refractivity (Wildman–Crippen MR) is 180 cm³/mol. The monoisotopic (exact) mass is 639 g/mol. The van der Waals surface area contributed by atoms with Crippen LogP contribution in [0.5, 0.6) is 5.75 Å². The first-order chi connectivity index (χ1) is 22.2. The van der Waals surface area contributed by atoms with Crippen molar-refractivity contribution in [3.8, 4) is 5.75 Å². The van der Waals surface area contributed by atoms with Gasteiger partial charge in [-0.1, -0.05) is 91.2 Å². The molecular formula is C37H41N3O5S. The molecule has 2 amide bonds. The summed E-state index contributed by atoms with van der Waals surface area (Å²) < 4.78 is 34.8. The minimum atomic E-state index is -4.14. The standard InChI is InChI=1S/C37H41N3O5S/c1-28-20-22-34(23-21-28)46(43,44)40(32-17-7-4-8-18-32)27-36(41)39(26-30-14-11-19-33(24-30)45-2)35(25-29-12-5-3-6-13-29)37(42)38-31-15-9-10-16-31/h3-8,11-14,17-24,31,35H,9-10,15-16,25-27H2,1-2H3,(H,38,42)/t35-/m1/s1. The zero-order chi connectivity index (χ0) is 32.5. The summed E-state index contributed by atoms with van der Waals surface area (Å²) in [6, 6.07) is 31.2. The summed E-state index contributed by atoms with van der Waals surface area (Å²) in [5.41, 5.74) is 2.92. The van der Waals surface area contributed by atoms with Gasteiger partial charge in [0.1, 0.15) is 18.3 Å². The van der Waals surface area contributed by atoms with Crippen LogP contribution in [0.2, 0.25) is 0 Å². The van der Waals surface area contributed by atoms with Crippen LogP contribution in [0.1, 0.15) is 42.4 Å². The second-order valence-corrected chi connectivity index (χ2v) is 13.6. The third-order valence-electron chi connectivity index (χ3n) is 8.39. The Bertz CT molecular complexity index is 1710. The van der Waals surface area contributed by atoms with Crippen LogP contribution >= 0.6 is 0 Å². The number of rotatable bonds is 13. The number of nitrogens with one attached hydrogen (secondary N) is 1. The first-order valence-electron chi connectivity index (χ1n) is 15.7. The van der Waals surface area contributed by atoms with Crippen LogP contribution in [0.4, 0.5) is 5.69 Å². The maximum atomic E-state index is 14.6. The van der Waals surface area contributed by atoms with Gasteiger partial charge in [-0.2, -0.15) is 0 Å². The van der Waals surface area contributed by atoms with Crippen molar-refractivity contribution in [3.63, 3.8) is 0 Å². The van der Waals surface area contributed by atoms with E-state index in [2.05, 4.69) is 5.32 Å². The molecule has 1 atom stereocenters. The number of aryl methyl sites for hydroxylation is 1. The molecule has 240 valence electrons. The van der Waals surface area contributed by atoms with Crippen LogP contribution in [0, 0.1) is 6.92 Å². The van der Waals surface area contributed by atoms with E-state index in [0.717, 1.165) is 46.7 Å². The first-order valence-corrected chi connectivity index (χ1v) is 17.1. The van der Waals surface area contributed by atoms with Gasteiger partial charge in [0.15, 0.2) is 0 Å². The van der Waals surface area contributed by atoms with Crippen molar-refractivity contribution in [2.45, 2.75) is 62.6 Å². The fraction of sp³-hybridized carbons (Fsp3) is 0.297. The number of ether oxygens (including phenoxy) is 1. The number of benzene rings is 4. The summed E-state index contributed by atoms with van der Waals surface area (Å²) in [6.45, 7) is 1.47. The number of para-hydroxylation sites is 1. The highest BCUT2D eigenvalue weighted by atomic mass is 32.2. The predicted octanol–water partition coefficient (Wildman–Crippen LogP) is 5.90. The Labute approximate surface area is 272 Å². The van der Waals surface area contributed by atoms with Crippen molar-refractivity contribution in [2.24, 2.45) is 0 Å². The lowest BCUT2D eigenvalue weighted by Crippen LogP contribution is -2.54. The lowest BCUT2D eigenvalue weighted by molar-refractivity contribution is -0.140. The number of methoxy groups -OCH3 is 1. The molecule has 9 heteroatoms. The van der Waals surface area contributed by atoms with E-state index in [1.54, 1.807) is 61.7 Å². The number of carbonyl (C=O) groups excluding carboxylic acids is 2. The SMILES string of the molecule is COc1cccc(CN(C(=O)CN(c2ccccc2)S(=O)(=O)c2ccc(C)cc2)[C@H](Cc2ccccc2)C(=O)NC2CCCC2)c1. The molecule has 1 saturated carbocycles. The Morgan fingerprint density at radius 2 is 1.48 bits per heavy atom. The van der Waals surface area contributed by atoms with E-state index in [1.807, 2.05) is 61.5 Å². The second-order valence-electron chi connectivity index (χ2n) is 11.7. The molecule has 46 heavy (non-hydrogen) atoms. The Morgan fingerprint density at radius 3 is 2.13 bits per heavy atom. The molecule has 0 spiro atoms. The molecule has 0 unspecified atom stereocenters.